The predicted octanol–water partition coefficient (Wildman–Crippen LogP) is 2.40. The van der Waals surface area contributed by atoms with Crippen molar-refractivity contribution >= 4 is 24.9 Å². The van der Waals surface area contributed by atoms with E-state index in [0.29, 0.717) is 31.5 Å². The van der Waals surface area contributed by atoms with Gasteiger partial charge in [0.15, 0.2) is 0 Å². The summed E-state index contributed by atoms with van der Waals surface area (Å²) in [7, 11) is -3.94. The molecule has 0 saturated heterocycles. The number of carbonyl (C=O) groups excluding carboxylic acids is 1. The number of carboxylic acids is 1. The number of hydrogen-bond donors (Lipinski definition) is 5. The number of anilines is 1. The van der Waals surface area contributed by atoms with Crippen molar-refractivity contribution in [1.82, 2.24) is 5.32 Å². The summed E-state index contributed by atoms with van der Waals surface area (Å²) in [6.07, 6.45) is 1.75. The van der Waals surface area contributed by atoms with E-state index < -0.39 is 25.0 Å². The zero-order valence-electron chi connectivity index (χ0n) is 17.2. The van der Waals surface area contributed by atoms with Crippen molar-refractivity contribution in [2.75, 3.05) is 18.4 Å². The van der Waals surface area contributed by atoms with Gasteiger partial charge in [0.25, 0.3) is 0 Å². The van der Waals surface area contributed by atoms with Crippen molar-refractivity contribution < 1.29 is 24.2 Å². The van der Waals surface area contributed by atoms with E-state index in [2.05, 4.69) is 5.32 Å². The molecule has 9 heteroatoms. The van der Waals surface area contributed by atoms with E-state index in [9.17, 15) is 24.2 Å². The first-order valence-electron chi connectivity index (χ1n) is 9.95. The molecule has 3 unspecified atom stereocenters. The Morgan fingerprint density at radius 1 is 1.24 bits per heavy atom. The van der Waals surface area contributed by atoms with Gasteiger partial charge >= 0.3 is 5.97 Å². The molecule has 1 rings (SSSR count). The lowest BCUT2D eigenvalue weighted by Gasteiger charge is -2.29. The van der Waals surface area contributed by atoms with E-state index in [1.807, 2.05) is 6.07 Å². The molecule has 0 aromatic heterocycles. The third-order valence-corrected chi connectivity index (χ3v) is 7.36. The van der Waals surface area contributed by atoms with Crippen LogP contribution < -0.4 is 16.8 Å². The Bertz CT molecular complexity index is 726. The van der Waals surface area contributed by atoms with Crippen LogP contribution in [0.4, 0.5) is 5.69 Å². The zero-order chi connectivity index (χ0) is 22.0. The van der Waals surface area contributed by atoms with E-state index in [0.717, 1.165) is 5.56 Å². The Kier molecular flexibility index (Phi) is 10.4. The zero-order valence-corrected chi connectivity index (χ0v) is 18.1. The number of hydrogen-bond acceptors (Lipinski definition) is 5. The molecule has 0 heterocycles. The van der Waals surface area contributed by atoms with Crippen LogP contribution in [0.1, 0.15) is 45.1 Å². The SMILES string of the molecule is CC(C)C(NC(=O)CCc1cccc(N)c1)P(=O)(O)CC(CCCCN)C(=O)O. The van der Waals surface area contributed by atoms with Gasteiger partial charge in [0.2, 0.25) is 13.3 Å². The van der Waals surface area contributed by atoms with E-state index in [4.69, 9.17) is 11.5 Å². The number of carboxylic acid groups (broad SMARTS) is 1. The number of rotatable bonds is 13. The van der Waals surface area contributed by atoms with Gasteiger partial charge in [0, 0.05) is 18.3 Å². The number of benzene rings is 1. The van der Waals surface area contributed by atoms with Crippen molar-refractivity contribution in [3.05, 3.63) is 29.8 Å². The molecule has 0 bridgehead atoms. The van der Waals surface area contributed by atoms with Crippen molar-refractivity contribution in [1.29, 1.82) is 0 Å². The Balaban J connectivity index is 2.75. The fourth-order valence-corrected chi connectivity index (χ4v) is 5.71. The number of unbranched alkanes of at least 4 members (excludes halogenated alkanes) is 1. The van der Waals surface area contributed by atoms with Gasteiger partial charge in [0.05, 0.1) is 5.92 Å². The third-order valence-electron chi connectivity index (χ3n) is 4.80. The molecule has 0 aliphatic carbocycles. The Labute approximate surface area is 172 Å². The molecular formula is C20H34N3O5P. The largest absolute Gasteiger partial charge is 0.481 e. The molecule has 1 amide bonds. The molecule has 164 valence electrons. The summed E-state index contributed by atoms with van der Waals surface area (Å²) >= 11 is 0. The second-order valence-electron chi connectivity index (χ2n) is 7.76. The number of amides is 1. The maximum atomic E-state index is 13.0. The molecule has 7 N–H and O–H groups in total. The Morgan fingerprint density at radius 2 is 1.93 bits per heavy atom. The van der Waals surface area contributed by atoms with Gasteiger partial charge in [-0.1, -0.05) is 32.4 Å². The topological polar surface area (TPSA) is 156 Å². The molecule has 0 spiro atoms. The van der Waals surface area contributed by atoms with Crippen LogP contribution in [0.2, 0.25) is 0 Å². The molecule has 1 aromatic rings. The average molecular weight is 427 g/mol. The Morgan fingerprint density at radius 3 is 2.48 bits per heavy atom. The van der Waals surface area contributed by atoms with Crippen LogP contribution in [0.5, 0.6) is 0 Å². The summed E-state index contributed by atoms with van der Waals surface area (Å²) in [5, 5.41) is 12.1. The first-order chi connectivity index (χ1) is 13.6. The quantitative estimate of drug-likeness (QED) is 0.184. The number of nitrogens with two attached hydrogens (primary N) is 2. The highest BCUT2D eigenvalue weighted by Gasteiger charge is 2.38. The van der Waals surface area contributed by atoms with Gasteiger partial charge in [0.1, 0.15) is 5.78 Å². The fraction of sp³-hybridized carbons (Fsp3) is 0.600. The van der Waals surface area contributed by atoms with Gasteiger partial charge in [-0.05, 0) is 49.4 Å². The Hall–Kier alpha value is -1.89. The monoisotopic (exact) mass is 427 g/mol. The summed E-state index contributed by atoms with van der Waals surface area (Å²) in [5.74, 6) is -3.71. The highest BCUT2D eigenvalue weighted by molar-refractivity contribution is 7.58. The first kappa shape index (κ1) is 25.1. The lowest BCUT2D eigenvalue weighted by atomic mass is 10.0. The van der Waals surface area contributed by atoms with Gasteiger partial charge in [-0.25, -0.2) is 0 Å². The van der Waals surface area contributed by atoms with Crippen LogP contribution in [0.15, 0.2) is 24.3 Å². The first-order valence-corrected chi connectivity index (χ1v) is 11.9. The van der Waals surface area contributed by atoms with Crippen LogP contribution in [-0.4, -0.2) is 40.4 Å². The molecule has 29 heavy (non-hydrogen) atoms. The maximum Gasteiger partial charge on any atom is 0.307 e. The summed E-state index contributed by atoms with van der Waals surface area (Å²) in [6, 6.07) is 7.20. The second-order valence-corrected chi connectivity index (χ2v) is 10.2. The predicted molar refractivity (Wildman–Crippen MR) is 115 cm³/mol. The number of nitrogen functional groups attached to an aromatic ring is 1. The minimum Gasteiger partial charge on any atom is -0.481 e. The minimum absolute atomic E-state index is 0.144. The summed E-state index contributed by atoms with van der Waals surface area (Å²) < 4.78 is 13.0. The van der Waals surface area contributed by atoms with Crippen LogP contribution in [0, 0.1) is 11.8 Å². The maximum absolute atomic E-state index is 13.0. The molecule has 0 aliphatic rings. The van der Waals surface area contributed by atoms with Gasteiger partial charge in [-0.2, -0.15) is 0 Å². The van der Waals surface area contributed by atoms with Crippen molar-refractivity contribution in [3.8, 4) is 0 Å². The number of nitrogens with one attached hydrogen (secondary N) is 1. The summed E-state index contributed by atoms with van der Waals surface area (Å²) in [5.41, 5.74) is 12.7. The van der Waals surface area contributed by atoms with Crippen LogP contribution >= 0.6 is 7.37 Å². The van der Waals surface area contributed by atoms with Crippen molar-refractivity contribution in [3.63, 3.8) is 0 Å². The molecule has 0 radical (unpaired) electrons. The molecular weight excluding hydrogens is 393 g/mol. The highest BCUT2D eigenvalue weighted by Crippen LogP contribution is 2.50. The standard InChI is InChI=1S/C20H34N3O5P/c1-14(2)19(23-18(24)10-9-15-6-5-8-17(22)12-15)29(27,28)13-16(20(25)26)7-3-4-11-21/h5-6,8,12,14,16,19H,3-4,7,9-11,13,21-22H2,1-2H3,(H,23,24)(H,25,26)(H,27,28). The molecule has 0 saturated carbocycles. The summed E-state index contributed by atoms with van der Waals surface area (Å²) in [4.78, 5) is 34.5. The molecule has 0 aliphatic heterocycles. The molecule has 1 aromatic carbocycles. The van der Waals surface area contributed by atoms with Crippen LogP contribution in [-0.2, 0) is 20.6 Å². The van der Waals surface area contributed by atoms with Gasteiger partial charge in [-0.3, -0.25) is 14.2 Å². The number of aryl methyl sites for hydroxylation is 1. The second kappa shape index (κ2) is 12.0. The lowest BCUT2D eigenvalue weighted by molar-refractivity contribution is -0.141. The van der Waals surface area contributed by atoms with Crippen LogP contribution in [0.3, 0.4) is 0 Å². The lowest BCUT2D eigenvalue weighted by Crippen LogP contribution is -2.40. The van der Waals surface area contributed by atoms with Crippen molar-refractivity contribution in [2.24, 2.45) is 17.6 Å². The molecule has 0 fully saturated rings. The smallest absolute Gasteiger partial charge is 0.307 e. The summed E-state index contributed by atoms with van der Waals surface area (Å²) in [6.45, 7) is 3.91. The van der Waals surface area contributed by atoms with E-state index in [1.165, 1.54) is 0 Å². The van der Waals surface area contributed by atoms with Crippen molar-refractivity contribution in [2.45, 2.75) is 51.7 Å². The van der Waals surface area contributed by atoms with Gasteiger partial charge in [-0.15, -0.1) is 0 Å². The number of aliphatic carboxylic acids is 1. The van der Waals surface area contributed by atoms with E-state index in [1.54, 1.807) is 32.0 Å². The van der Waals surface area contributed by atoms with Gasteiger partial charge < -0.3 is 26.8 Å². The number of carbonyl (C=O) groups is 2. The minimum atomic E-state index is -3.94. The third kappa shape index (κ3) is 8.98. The fourth-order valence-electron chi connectivity index (χ4n) is 3.23. The van der Waals surface area contributed by atoms with E-state index >= 15 is 0 Å². The molecule has 8 nitrogen and oxygen atoms in total. The molecule has 3 atom stereocenters. The average Bonchev–Trinajstić information content (AvgIpc) is 2.63. The van der Waals surface area contributed by atoms with E-state index in [-0.39, 0.29) is 30.8 Å². The van der Waals surface area contributed by atoms with Crippen LogP contribution in [0.25, 0.3) is 0 Å². The normalized spacial score (nSPS) is 15.5. The highest BCUT2D eigenvalue weighted by atomic mass is 31.2.